The zero-order chi connectivity index (χ0) is 18.8. The number of halogens is 2. The van der Waals surface area contributed by atoms with Gasteiger partial charge in [-0.15, -0.1) is 0 Å². The Kier molecular flexibility index (Phi) is 5.31. The van der Waals surface area contributed by atoms with Gasteiger partial charge in [0, 0.05) is 24.0 Å². The number of aliphatic carboxylic acids is 1. The van der Waals surface area contributed by atoms with Crippen molar-refractivity contribution in [2.45, 2.75) is 45.4 Å². The number of hydrogen-bond acceptors (Lipinski definition) is 4. The van der Waals surface area contributed by atoms with E-state index in [1.54, 1.807) is 13.8 Å². The fourth-order valence-electron chi connectivity index (χ4n) is 3.09. The second-order valence-corrected chi connectivity index (χ2v) is 6.44. The largest absolute Gasteiger partial charge is 0.479 e. The Hall–Kier alpha value is -2.22. The highest BCUT2D eigenvalue weighted by Gasteiger charge is 2.66. The van der Waals surface area contributed by atoms with Crippen LogP contribution in [0.15, 0.2) is 24.3 Å². The maximum atomic E-state index is 12.4. The fourth-order valence-corrected chi connectivity index (χ4v) is 3.09. The number of carboxylic acid groups (broad SMARTS) is 1. The number of nitrogens with one attached hydrogen (secondary N) is 1. The van der Waals surface area contributed by atoms with Gasteiger partial charge in [0.25, 0.3) is 5.91 Å². The molecular formula is C17H21F2NO5. The molecule has 0 bridgehead atoms. The Labute approximate surface area is 144 Å². The maximum Gasteiger partial charge on any atom is 0.387 e. The van der Waals surface area contributed by atoms with Crippen LogP contribution >= 0.6 is 0 Å². The molecular weight excluding hydrogens is 336 g/mol. The van der Waals surface area contributed by atoms with E-state index in [-0.39, 0.29) is 23.8 Å². The second-order valence-electron chi connectivity index (χ2n) is 6.44. The van der Waals surface area contributed by atoms with E-state index < -0.39 is 29.4 Å². The van der Waals surface area contributed by atoms with Crippen LogP contribution in [-0.4, -0.2) is 41.8 Å². The van der Waals surface area contributed by atoms with Crippen molar-refractivity contribution < 1.29 is 33.0 Å². The molecule has 1 aromatic carbocycles. The van der Waals surface area contributed by atoms with Gasteiger partial charge in [-0.2, -0.15) is 8.78 Å². The zero-order valence-corrected chi connectivity index (χ0v) is 14.2. The molecule has 0 aliphatic heterocycles. The summed E-state index contributed by atoms with van der Waals surface area (Å²) in [6.45, 7) is 2.76. The molecule has 1 saturated carbocycles. The van der Waals surface area contributed by atoms with Crippen molar-refractivity contribution in [1.82, 2.24) is 5.32 Å². The van der Waals surface area contributed by atoms with E-state index in [2.05, 4.69) is 10.1 Å². The summed E-state index contributed by atoms with van der Waals surface area (Å²) in [5, 5.41) is 12.2. The van der Waals surface area contributed by atoms with Crippen LogP contribution in [0.4, 0.5) is 8.78 Å². The zero-order valence-electron chi connectivity index (χ0n) is 14.2. The van der Waals surface area contributed by atoms with Gasteiger partial charge in [0.1, 0.15) is 11.3 Å². The predicted octanol–water partition coefficient (Wildman–Crippen LogP) is 2.68. The molecule has 0 heterocycles. The SMILES string of the molecule is CCOC1CC(NC(=O)c2ccc(OC(F)F)cc2)(C(=O)O)C1(C)C. The number of carbonyl (C=O) groups is 2. The van der Waals surface area contributed by atoms with E-state index in [9.17, 15) is 23.5 Å². The highest BCUT2D eigenvalue weighted by molar-refractivity contribution is 5.98. The van der Waals surface area contributed by atoms with Crippen molar-refractivity contribution in [2.75, 3.05) is 6.61 Å². The average Bonchev–Trinajstić information content (AvgIpc) is 2.53. The average molecular weight is 357 g/mol. The quantitative estimate of drug-likeness (QED) is 0.784. The van der Waals surface area contributed by atoms with E-state index in [1.807, 2.05) is 6.92 Å². The summed E-state index contributed by atoms with van der Waals surface area (Å²) in [4.78, 5) is 24.3. The van der Waals surface area contributed by atoms with Gasteiger partial charge in [0.05, 0.1) is 6.10 Å². The van der Waals surface area contributed by atoms with Gasteiger partial charge >= 0.3 is 12.6 Å². The highest BCUT2D eigenvalue weighted by atomic mass is 19.3. The van der Waals surface area contributed by atoms with Crippen molar-refractivity contribution in [3.05, 3.63) is 29.8 Å². The fraction of sp³-hybridized carbons (Fsp3) is 0.529. The Balaban J connectivity index is 2.15. The van der Waals surface area contributed by atoms with Crippen LogP contribution in [0.25, 0.3) is 0 Å². The number of rotatable bonds is 7. The molecule has 2 unspecified atom stereocenters. The number of amides is 1. The third-order valence-corrected chi connectivity index (χ3v) is 4.80. The van der Waals surface area contributed by atoms with E-state index in [1.165, 1.54) is 24.3 Å². The summed E-state index contributed by atoms with van der Waals surface area (Å²) < 4.78 is 34.1. The van der Waals surface area contributed by atoms with Crippen LogP contribution in [0.1, 0.15) is 37.6 Å². The number of hydrogen-bond donors (Lipinski definition) is 2. The van der Waals surface area contributed by atoms with Crippen molar-refractivity contribution in [3.63, 3.8) is 0 Å². The van der Waals surface area contributed by atoms with Crippen LogP contribution in [0.3, 0.4) is 0 Å². The first-order valence-electron chi connectivity index (χ1n) is 7.86. The van der Waals surface area contributed by atoms with Crippen LogP contribution in [0, 0.1) is 5.41 Å². The first-order valence-corrected chi connectivity index (χ1v) is 7.86. The third-order valence-electron chi connectivity index (χ3n) is 4.80. The topological polar surface area (TPSA) is 84.9 Å². The third kappa shape index (κ3) is 3.44. The van der Waals surface area contributed by atoms with Gasteiger partial charge in [-0.1, -0.05) is 13.8 Å². The van der Waals surface area contributed by atoms with Gasteiger partial charge in [0.2, 0.25) is 0 Å². The molecule has 138 valence electrons. The Morgan fingerprint density at radius 2 is 1.92 bits per heavy atom. The molecule has 0 spiro atoms. The summed E-state index contributed by atoms with van der Waals surface area (Å²) in [5.41, 5.74) is -2.11. The van der Waals surface area contributed by atoms with Gasteiger partial charge in [-0.3, -0.25) is 4.79 Å². The molecule has 0 aromatic heterocycles. The van der Waals surface area contributed by atoms with Crippen molar-refractivity contribution >= 4 is 11.9 Å². The Morgan fingerprint density at radius 3 is 2.36 bits per heavy atom. The minimum absolute atomic E-state index is 0.0834. The molecule has 1 aromatic rings. The molecule has 2 atom stereocenters. The van der Waals surface area contributed by atoms with Crippen molar-refractivity contribution in [3.8, 4) is 5.75 Å². The van der Waals surface area contributed by atoms with E-state index in [4.69, 9.17) is 4.74 Å². The number of carboxylic acids is 1. The number of ether oxygens (including phenoxy) is 2. The molecule has 1 aliphatic carbocycles. The summed E-state index contributed by atoms with van der Waals surface area (Å²) in [5.74, 6) is -1.83. The monoisotopic (exact) mass is 357 g/mol. The summed E-state index contributed by atoms with van der Waals surface area (Å²) in [6, 6.07) is 5.05. The first kappa shape index (κ1) is 19.1. The van der Waals surface area contributed by atoms with Crippen LogP contribution in [-0.2, 0) is 9.53 Å². The first-order chi connectivity index (χ1) is 11.6. The summed E-state index contributed by atoms with van der Waals surface area (Å²) in [6.07, 6.45) is -0.127. The normalized spacial score (nSPS) is 24.5. The molecule has 0 saturated heterocycles. The molecule has 1 fully saturated rings. The lowest BCUT2D eigenvalue weighted by atomic mass is 9.54. The Bertz CT molecular complexity index is 647. The van der Waals surface area contributed by atoms with Crippen molar-refractivity contribution in [2.24, 2.45) is 5.41 Å². The molecule has 2 N–H and O–H groups in total. The lowest BCUT2D eigenvalue weighted by Gasteiger charge is -2.58. The van der Waals surface area contributed by atoms with E-state index >= 15 is 0 Å². The number of alkyl halides is 2. The van der Waals surface area contributed by atoms with Gasteiger partial charge in [0.15, 0.2) is 0 Å². The number of carbonyl (C=O) groups excluding carboxylic acids is 1. The lowest BCUT2D eigenvalue weighted by molar-refractivity contribution is -0.190. The van der Waals surface area contributed by atoms with Gasteiger partial charge in [-0.05, 0) is 31.2 Å². The van der Waals surface area contributed by atoms with Crippen LogP contribution in [0.2, 0.25) is 0 Å². The molecule has 1 amide bonds. The van der Waals surface area contributed by atoms with E-state index in [0.29, 0.717) is 6.61 Å². The van der Waals surface area contributed by atoms with Crippen molar-refractivity contribution in [1.29, 1.82) is 0 Å². The molecule has 6 nitrogen and oxygen atoms in total. The standard InChI is InChI=1S/C17H21F2NO5/c1-4-24-12-9-17(14(22)23,16(12,2)3)20-13(21)10-5-7-11(8-6-10)25-15(18)19/h5-8,12,15H,4,9H2,1-3H3,(H,20,21)(H,22,23). The molecule has 2 rings (SSSR count). The lowest BCUT2D eigenvalue weighted by Crippen LogP contribution is -2.76. The Morgan fingerprint density at radius 1 is 1.32 bits per heavy atom. The molecule has 1 aliphatic rings. The van der Waals surface area contributed by atoms with Gasteiger partial charge < -0.3 is 19.9 Å². The number of benzene rings is 1. The van der Waals surface area contributed by atoms with Gasteiger partial charge in [-0.25, -0.2) is 4.79 Å². The highest BCUT2D eigenvalue weighted by Crippen LogP contribution is 2.51. The minimum atomic E-state index is -2.96. The maximum absolute atomic E-state index is 12.4. The molecule has 0 radical (unpaired) electrons. The minimum Gasteiger partial charge on any atom is -0.479 e. The van der Waals surface area contributed by atoms with Crippen LogP contribution in [0.5, 0.6) is 5.75 Å². The molecule has 8 heteroatoms. The summed E-state index contributed by atoms with van der Waals surface area (Å²) >= 11 is 0. The van der Waals surface area contributed by atoms with E-state index in [0.717, 1.165) is 0 Å². The smallest absolute Gasteiger partial charge is 0.387 e. The summed E-state index contributed by atoms with van der Waals surface area (Å²) in [7, 11) is 0. The van der Waals surface area contributed by atoms with Crippen LogP contribution < -0.4 is 10.1 Å². The predicted molar refractivity (Wildman–Crippen MR) is 84.7 cm³/mol. The molecule has 25 heavy (non-hydrogen) atoms. The second kappa shape index (κ2) is 6.95.